The molecule has 0 N–H and O–H groups in total. The zero-order valence-electron chi connectivity index (χ0n) is 11.4. The van der Waals surface area contributed by atoms with Gasteiger partial charge in [0.15, 0.2) is 0 Å². The number of nitro groups is 1. The van der Waals surface area contributed by atoms with Crippen LogP contribution in [-0.2, 0) is 16.0 Å². The van der Waals surface area contributed by atoms with E-state index >= 15 is 0 Å². The maximum absolute atomic E-state index is 11.0. The number of nitrogens with zero attached hydrogens (tertiary/aromatic N) is 2. The van der Waals surface area contributed by atoms with E-state index in [4.69, 9.17) is 0 Å². The van der Waals surface area contributed by atoms with Gasteiger partial charge < -0.3 is 4.74 Å². The Balaban J connectivity index is 1.99. The van der Waals surface area contributed by atoms with E-state index in [2.05, 4.69) is 9.72 Å². The fourth-order valence-electron chi connectivity index (χ4n) is 1.79. The van der Waals surface area contributed by atoms with E-state index in [1.165, 1.54) is 30.6 Å². The highest BCUT2D eigenvalue weighted by molar-refractivity contribution is 7.15. The highest BCUT2D eigenvalue weighted by Crippen LogP contribution is 2.28. The fraction of sp³-hybridized carbons (Fsp3) is 0.286. The molecule has 0 atom stereocenters. The van der Waals surface area contributed by atoms with Crippen molar-refractivity contribution in [1.29, 1.82) is 0 Å². The molecule has 0 amide bonds. The molecule has 1 heterocycles. The van der Waals surface area contributed by atoms with Crippen molar-refractivity contribution in [3.63, 3.8) is 0 Å². The number of esters is 1. The molecule has 1 aromatic carbocycles. The van der Waals surface area contributed by atoms with Crippen molar-refractivity contribution in [3.05, 3.63) is 45.6 Å². The van der Waals surface area contributed by atoms with Gasteiger partial charge in [-0.25, -0.2) is 4.98 Å². The van der Waals surface area contributed by atoms with E-state index in [-0.39, 0.29) is 11.7 Å². The summed E-state index contributed by atoms with van der Waals surface area (Å²) in [6.45, 7) is 0. The molecule has 2 aromatic rings. The maximum atomic E-state index is 11.0. The molecule has 0 radical (unpaired) electrons. The van der Waals surface area contributed by atoms with Crippen LogP contribution in [0.2, 0.25) is 0 Å². The molecule has 0 saturated heterocycles. The number of thiazole rings is 1. The average molecular weight is 306 g/mol. The summed E-state index contributed by atoms with van der Waals surface area (Å²) in [4.78, 5) is 26.5. The highest BCUT2D eigenvalue weighted by Gasteiger charge is 2.09. The average Bonchev–Trinajstić information content (AvgIpc) is 2.96. The molecule has 0 unspecified atom stereocenters. The number of hydrogen-bond acceptors (Lipinski definition) is 6. The van der Waals surface area contributed by atoms with Gasteiger partial charge in [-0.05, 0) is 30.5 Å². The van der Waals surface area contributed by atoms with Crippen molar-refractivity contribution in [1.82, 2.24) is 4.98 Å². The van der Waals surface area contributed by atoms with Crippen LogP contribution < -0.4 is 0 Å². The Morgan fingerprint density at radius 2 is 2.10 bits per heavy atom. The van der Waals surface area contributed by atoms with E-state index in [9.17, 15) is 14.9 Å². The molecule has 0 fully saturated rings. The molecule has 0 aliphatic carbocycles. The number of non-ortho nitro benzene ring substituents is 1. The van der Waals surface area contributed by atoms with Gasteiger partial charge in [0.25, 0.3) is 5.69 Å². The molecule has 2 rings (SSSR count). The Bertz CT molecular complexity index is 637. The number of rotatable bonds is 6. The van der Waals surface area contributed by atoms with Crippen LogP contribution in [0.5, 0.6) is 0 Å². The molecule has 21 heavy (non-hydrogen) atoms. The zero-order valence-corrected chi connectivity index (χ0v) is 12.3. The monoisotopic (exact) mass is 306 g/mol. The first kappa shape index (κ1) is 15.1. The zero-order chi connectivity index (χ0) is 15.2. The summed E-state index contributed by atoms with van der Waals surface area (Å²) in [6.07, 6.45) is 3.54. The lowest BCUT2D eigenvalue weighted by molar-refractivity contribution is -0.384. The number of ether oxygens (including phenoxy) is 1. The van der Waals surface area contributed by atoms with Crippen molar-refractivity contribution in [2.24, 2.45) is 0 Å². The number of benzene rings is 1. The first-order valence-electron chi connectivity index (χ1n) is 6.36. The predicted molar refractivity (Wildman–Crippen MR) is 79.2 cm³/mol. The van der Waals surface area contributed by atoms with Crippen LogP contribution in [0, 0.1) is 10.1 Å². The lowest BCUT2D eigenvalue weighted by Crippen LogP contribution is -2.00. The molecular formula is C14H14N2O4S. The van der Waals surface area contributed by atoms with Gasteiger partial charge >= 0.3 is 5.97 Å². The first-order valence-corrected chi connectivity index (χ1v) is 7.18. The molecule has 0 aliphatic heterocycles. The number of methoxy groups -OCH3 is 1. The minimum Gasteiger partial charge on any atom is -0.469 e. The van der Waals surface area contributed by atoms with Gasteiger partial charge in [0.1, 0.15) is 0 Å². The van der Waals surface area contributed by atoms with Crippen LogP contribution in [0.1, 0.15) is 17.8 Å². The second-order valence-corrected chi connectivity index (χ2v) is 5.47. The number of nitro benzene ring substituents is 1. The number of aryl methyl sites for hydroxylation is 1. The summed E-state index contributed by atoms with van der Waals surface area (Å²) in [7, 11) is 1.37. The van der Waals surface area contributed by atoms with Gasteiger partial charge in [-0.3, -0.25) is 14.9 Å². The summed E-state index contributed by atoms with van der Waals surface area (Å²) in [6, 6.07) is 6.38. The summed E-state index contributed by atoms with van der Waals surface area (Å²) in [5.74, 6) is -0.220. The minimum atomic E-state index is -0.422. The van der Waals surface area contributed by atoms with Crippen molar-refractivity contribution in [2.45, 2.75) is 19.3 Å². The smallest absolute Gasteiger partial charge is 0.305 e. The topological polar surface area (TPSA) is 82.3 Å². The van der Waals surface area contributed by atoms with Crippen molar-refractivity contribution >= 4 is 23.0 Å². The molecule has 0 spiro atoms. The van der Waals surface area contributed by atoms with Crippen molar-refractivity contribution in [2.75, 3.05) is 7.11 Å². The largest absolute Gasteiger partial charge is 0.469 e. The molecule has 0 saturated carbocycles. The van der Waals surface area contributed by atoms with Gasteiger partial charge in [-0.15, -0.1) is 11.3 Å². The van der Waals surface area contributed by atoms with E-state index in [0.29, 0.717) is 19.3 Å². The lowest BCUT2D eigenvalue weighted by atomic mass is 10.2. The third kappa shape index (κ3) is 4.09. The van der Waals surface area contributed by atoms with E-state index in [1.807, 2.05) is 0 Å². The van der Waals surface area contributed by atoms with Gasteiger partial charge in [-0.2, -0.15) is 0 Å². The predicted octanol–water partition coefficient (Wildman–Crippen LogP) is 3.21. The third-order valence-corrected chi connectivity index (χ3v) is 4.02. The van der Waals surface area contributed by atoms with Gasteiger partial charge in [0.05, 0.1) is 21.9 Å². The maximum Gasteiger partial charge on any atom is 0.305 e. The van der Waals surface area contributed by atoms with Crippen molar-refractivity contribution < 1.29 is 14.5 Å². The van der Waals surface area contributed by atoms with E-state index in [1.54, 1.807) is 18.3 Å². The molecule has 0 aliphatic rings. The second kappa shape index (κ2) is 6.94. The quantitative estimate of drug-likeness (QED) is 0.465. The summed E-state index contributed by atoms with van der Waals surface area (Å²) < 4.78 is 4.58. The third-order valence-electron chi connectivity index (χ3n) is 2.92. The minimum absolute atomic E-state index is 0.0709. The second-order valence-electron chi connectivity index (χ2n) is 4.35. The highest BCUT2D eigenvalue weighted by atomic mass is 32.1. The SMILES string of the molecule is COC(=O)CCCc1ncc(-c2ccc([N+](=O)[O-])cc2)s1. The first-order chi connectivity index (χ1) is 10.1. The van der Waals surface area contributed by atoms with Crippen LogP contribution in [0.4, 0.5) is 5.69 Å². The number of hydrogen-bond donors (Lipinski definition) is 0. The molecule has 1 aromatic heterocycles. The van der Waals surface area contributed by atoms with Gasteiger partial charge in [-0.1, -0.05) is 0 Å². The van der Waals surface area contributed by atoms with Crippen LogP contribution in [0.25, 0.3) is 10.4 Å². The Morgan fingerprint density at radius 3 is 2.71 bits per heavy atom. The molecular weight excluding hydrogens is 292 g/mol. The number of aromatic nitrogens is 1. The summed E-state index contributed by atoms with van der Waals surface area (Å²) in [5, 5.41) is 11.5. The van der Waals surface area contributed by atoms with E-state index in [0.717, 1.165) is 15.4 Å². The summed E-state index contributed by atoms with van der Waals surface area (Å²) >= 11 is 1.53. The Kier molecular flexibility index (Phi) is 4.99. The lowest BCUT2D eigenvalue weighted by Gasteiger charge is -1.97. The van der Waals surface area contributed by atoms with Crippen LogP contribution in [-0.4, -0.2) is 23.0 Å². The Morgan fingerprint density at radius 1 is 1.38 bits per heavy atom. The van der Waals surface area contributed by atoms with Gasteiger partial charge in [0, 0.05) is 24.8 Å². The molecule has 7 heteroatoms. The van der Waals surface area contributed by atoms with Gasteiger partial charge in [0.2, 0.25) is 0 Å². The van der Waals surface area contributed by atoms with Crippen LogP contribution >= 0.6 is 11.3 Å². The number of carbonyl (C=O) groups is 1. The fourth-order valence-corrected chi connectivity index (χ4v) is 2.76. The van der Waals surface area contributed by atoms with Crippen LogP contribution in [0.3, 0.4) is 0 Å². The normalized spacial score (nSPS) is 10.3. The summed E-state index contributed by atoms with van der Waals surface area (Å²) in [5.41, 5.74) is 0.971. The molecule has 6 nitrogen and oxygen atoms in total. The van der Waals surface area contributed by atoms with E-state index < -0.39 is 4.92 Å². The van der Waals surface area contributed by atoms with Crippen LogP contribution in [0.15, 0.2) is 30.5 Å². The number of carbonyl (C=O) groups excluding carboxylic acids is 1. The Hall–Kier alpha value is -2.28. The molecule has 110 valence electrons. The molecule has 0 bridgehead atoms. The van der Waals surface area contributed by atoms with Crippen molar-refractivity contribution in [3.8, 4) is 10.4 Å². The standard InChI is InChI=1S/C14H14N2O4S/c1-20-14(17)4-2-3-13-15-9-12(21-13)10-5-7-11(8-6-10)16(18)19/h5-9H,2-4H2,1H3. The Labute approximate surface area is 125 Å².